The summed E-state index contributed by atoms with van der Waals surface area (Å²) >= 11 is 0. The molecule has 13 heavy (non-hydrogen) atoms. The van der Waals surface area contributed by atoms with Crippen molar-refractivity contribution in [2.45, 2.75) is 13.3 Å². The fourth-order valence-corrected chi connectivity index (χ4v) is 1.24. The Kier molecular flexibility index (Phi) is 4.69. The van der Waals surface area contributed by atoms with Crippen molar-refractivity contribution in [3.05, 3.63) is 11.5 Å². The first kappa shape index (κ1) is 12.2. The Balaban J connectivity index is 4.09. The molecule has 0 aliphatic heterocycles. The Labute approximate surface area is 78.5 Å². The molecule has 0 saturated carbocycles. The minimum Gasteiger partial charge on any atom is -0.469 e. The molecule has 1 atom stereocenters. The maximum atomic E-state index is 10.7. The van der Waals surface area contributed by atoms with E-state index in [0.29, 0.717) is 0 Å². The molecule has 4 nitrogen and oxygen atoms in total. The molecular weight excluding hydrogens is 192 g/mol. The Bertz CT molecular complexity index is 289. The van der Waals surface area contributed by atoms with Gasteiger partial charge < -0.3 is 4.74 Å². The summed E-state index contributed by atoms with van der Waals surface area (Å²) in [6.07, 6.45) is 2.78. The number of hydrogen-bond donors (Lipinski definition) is 0. The molecule has 0 N–H and O–H groups in total. The van der Waals surface area contributed by atoms with Crippen molar-refractivity contribution in [3.63, 3.8) is 0 Å². The van der Waals surface area contributed by atoms with Crippen LogP contribution in [0.5, 0.6) is 0 Å². The molecule has 0 saturated heterocycles. The second-order valence-corrected chi connectivity index (χ2v) is 4.85. The molecule has 0 heterocycles. The van der Waals surface area contributed by atoms with Crippen molar-refractivity contribution in [3.8, 4) is 0 Å². The average molecular weight is 206 g/mol. The number of sulfone groups is 1. The molecule has 5 heteroatoms. The summed E-state index contributed by atoms with van der Waals surface area (Å²) in [5.41, 5.74) is 0. The molecule has 0 radical (unpaired) electrons. The number of hydrogen-bond acceptors (Lipinski definition) is 4. The monoisotopic (exact) mass is 206 g/mol. The van der Waals surface area contributed by atoms with Gasteiger partial charge >= 0.3 is 5.97 Å². The van der Waals surface area contributed by atoms with Crippen LogP contribution in [0, 0.1) is 5.92 Å². The maximum absolute atomic E-state index is 10.7. The van der Waals surface area contributed by atoms with Crippen LogP contribution in [0.3, 0.4) is 0 Å². The lowest BCUT2D eigenvalue weighted by Crippen LogP contribution is -2.05. The number of esters is 1. The number of carbonyl (C=O) groups excluding carboxylic acids is 1. The minimum absolute atomic E-state index is 0.123. The van der Waals surface area contributed by atoms with Gasteiger partial charge in [-0.05, 0) is 5.92 Å². The summed E-state index contributed by atoms with van der Waals surface area (Å²) in [6.45, 7) is 1.75. The fraction of sp³-hybridized carbons (Fsp3) is 0.625. The van der Waals surface area contributed by atoms with E-state index in [2.05, 4.69) is 4.74 Å². The Morgan fingerprint density at radius 3 is 2.46 bits per heavy atom. The molecule has 0 aromatic carbocycles. The summed E-state index contributed by atoms with van der Waals surface area (Å²) in [4.78, 5) is 10.7. The zero-order valence-electron chi connectivity index (χ0n) is 7.98. The van der Waals surface area contributed by atoms with Crippen molar-refractivity contribution < 1.29 is 17.9 Å². The number of rotatable bonds is 4. The van der Waals surface area contributed by atoms with Crippen LogP contribution < -0.4 is 0 Å². The summed E-state index contributed by atoms with van der Waals surface area (Å²) in [7, 11) is -1.79. The number of allylic oxidation sites excluding steroid dienone is 1. The van der Waals surface area contributed by atoms with Crippen LogP contribution in [0.15, 0.2) is 11.5 Å². The number of carbonyl (C=O) groups is 1. The van der Waals surface area contributed by atoms with Gasteiger partial charge in [0.1, 0.15) is 0 Å². The smallest absolute Gasteiger partial charge is 0.306 e. The quantitative estimate of drug-likeness (QED) is 0.637. The van der Waals surface area contributed by atoms with Crippen molar-refractivity contribution in [1.82, 2.24) is 0 Å². The summed E-state index contributed by atoms with van der Waals surface area (Å²) in [5.74, 6) is -0.465. The lowest BCUT2D eigenvalue weighted by atomic mass is 10.1. The Morgan fingerprint density at radius 2 is 2.08 bits per heavy atom. The molecule has 0 fully saturated rings. The van der Waals surface area contributed by atoms with E-state index >= 15 is 0 Å². The van der Waals surface area contributed by atoms with Crippen LogP contribution in [0.1, 0.15) is 13.3 Å². The van der Waals surface area contributed by atoms with Gasteiger partial charge in [0, 0.05) is 11.7 Å². The van der Waals surface area contributed by atoms with Gasteiger partial charge in [0.25, 0.3) is 0 Å². The molecule has 0 amide bonds. The van der Waals surface area contributed by atoms with Gasteiger partial charge in [0.05, 0.1) is 13.5 Å². The van der Waals surface area contributed by atoms with Crippen molar-refractivity contribution in [2.75, 3.05) is 13.4 Å². The van der Waals surface area contributed by atoms with Crippen molar-refractivity contribution >= 4 is 15.8 Å². The summed E-state index contributed by atoms with van der Waals surface area (Å²) < 4.78 is 25.8. The van der Waals surface area contributed by atoms with E-state index in [0.717, 1.165) is 11.7 Å². The van der Waals surface area contributed by atoms with Crippen LogP contribution in [0.2, 0.25) is 0 Å². The van der Waals surface area contributed by atoms with Crippen LogP contribution >= 0.6 is 0 Å². The first-order valence-electron chi connectivity index (χ1n) is 3.80. The molecule has 0 bridgehead atoms. The summed E-state index contributed by atoms with van der Waals surface area (Å²) in [5, 5.41) is 1.10. The number of ether oxygens (including phenoxy) is 1. The second kappa shape index (κ2) is 5.01. The zero-order chi connectivity index (χ0) is 10.5. The SMILES string of the molecule is COC(=O)CC(C)C=CS(C)(=O)=O. The van der Waals surface area contributed by atoms with Gasteiger partial charge in [-0.3, -0.25) is 4.79 Å². The highest BCUT2D eigenvalue weighted by Gasteiger charge is 2.06. The normalized spacial score (nSPS) is 14.4. The standard InChI is InChI=1S/C8H14O4S/c1-7(6-8(9)12-2)4-5-13(3,10)11/h4-5,7H,6H2,1-3H3. The Hall–Kier alpha value is -0.840. The van der Waals surface area contributed by atoms with E-state index in [-0.39, 0.29) is 18.3 Å². The lowest BCUT2D eigenvalue weighted by Gasteiger charge is -2.02. The second-order valence-electron chi connectivity index (χ2n) is 2.92. The van der Waals surface area contributed by atoms with Gasteiger partial charge in [0.2, 0.25) is 0 Å². The molecule has 0 aromatic rings. The fourth-order valence-electron chi connectivity index (χ4n) is 0.691. The number of methoxy groups -OCH3 is 1. The third-order valence-electron chi connectivity index (χ3n) is 1.37. The van der Waals surface area contributed by atoms with Crippen molar-refractivity contribution in [2.24, 2.45) is 5.92 Å². The van der Waals surface area contributed by atoms with E-state index < -0.39 is 9.84 Å². The highest BCUT2D eigenvalue weighted by molar-refractivity contribution is 7.93. The van der Waals surface area contributed by atoms with E-state index in [1.54, 1.807) is 6.92 Å². The van der Waals surface area contributed by atoms with Gasteiger partial charge in [-0.1, -0.05) is 13.0 Å². The van der Waals surface area contributed by atoms with E-state index in [1.165, 1.54) is 13.2 Å². The highest BCUT2D eigenvalue weighted by atomic mass is 32.2. The average Bonchev–Trinajstić information content (AvgIpc) is 1.99. The van der Waals surface area contributed by atoms with Crippen LogP contribution in [0.4, 0.5) is 0 Å². The topological polar surface area (TPSA) is 60.4 Å². The first-order valence-corrected chi connectivity index (χ1v) is 5.75. The highest BCUT2D eigenvalue weighted by Crippen LogP contribution is 2.05. The molecule has 0 spiro atoms. The largest absolute Gasteiger partial charge is 0.469 e. The first-order chi connectivity index (χ1) is 5.85. The molecule has 0 rings (SSSR count). The predicted molar refractivity (Wildman–Crippen MR) is 49.8 cm³/mol. The molecule has 0 aromatic heterocycles. The van der Waals surface area contributed by atoms with Gasteiger partial charge in [-0.15, -0.1) is 0 Å². The van der Waals surface area contributed by atoms with Gasteiger partial charge in [0.15, 0.2) is 9.84 Å². The molecule has 0 aliphatic rings. The summed E-state index contributed by atoms with van der Waals surface area (Å²) in [6, 6.07) is 0. The molecule has 76 valence electrons. The van der Waals surface area contributed by atoms with Gasteiger partial charge in [-0.2, -0.15) is 0 Å². The maximum Gasteiger partial charge on any atom is 0.306 e. The van der Waals surface area contributed by atoms with Gasteiger partial charge in [-0.25, -0.2) is 8.42 Å². The molecular formula is C8H14O4S. The van der Waals surface area contributed by atoms with Crippen LogP contribution in [-0.2, 0) is 19.4 Å². The van der Waals surface area contributed by atoms with Crippen molar-refractivity contribution in [1.29, 1.82) is 0 Å². The third kappa shape index (κ3) is 7.52. The third-order valence-corrected chi connectivity index (χ3v) is 2.02. The lowest BCUT2D eigenvalue weighted by molar-refractivity contribution is -0.141. The molecule has 1 unspecified atom stereocenters. The van der Waals surface area contributed by atoms with Crippen LogP contribution in [-0.4, -0.2) is 27.8 Å². The Morgan fingerprint density at radius 1 is 1.54 bits per heavy atom. The molecule has 0 aliphatic carbocycles. The van der Waals surface area contributed by atoms with E-state index in [1.807, 2.05) is 0 Å². The van der Waals surface area contributed by atoms with E-state index in [4.69, 9.17) is 0 Å². The minimum atomic E-state index is -3.09. The predicted octanol–water partition coefficient (Wildman–Crippen LogP) is 0.744. The van der Waals surface area contributed by atoms with Crippen LogP contribution in [0.25, 0.3) is 0 Å². The van der Waals surface area contributed by atoms with E-state index in [9.17, 15) is 13.2 Å². The zero-order valence-corrected chi connectivity index (χ0v) is 8.80.